The van der Waals surface area contributed by atoms with E-state index in [1.54, 1.807) is 0 Å². The van der Waals surface area contributed by atoms with E-state index in [0.717, 1.165) is 18.4 Å². The molecular weight excluding hydrogens is 256 g/mol. The maximum Gasteiger partial charge on any atom is 0.0790 e. The summed E-state index contributed by atoms with van der Waals surface area (Å²) in [4.78, 5) is 0. The summed E-state index contributed by atoms with van der Waals surface area (Å²) in [6, 6.07) is 8.26. The van der Waals surface area contributed by atoms with Crippen LogP contribution in [0.25, 0.3) is 0 Å². The molecule has 0 bridgehead atoms. The average Bonchev–Trinajstić information content (AvgIpc) is 2.49. The van der Waals surface area contributed by atoms with Gasteiger partial charge < -0.3 is 5.11 Å². The van der Waals surface area contributed by atoms with Crippen LogP contribution in [0.1, 0.15) is 94.8 Å². The minimum Gasteiger partial charge on any atom is -0.388 e. The fourth-order valence-corrected chi connectivity index (χ4v) is 2.78. The molecule has 0 radical (unpaired) electrons. The Kier molecular flexibility index (Phi) is 10.2. The van der Waals surface area contributed by atoms with Gasteiger partial charge in [-0.1, -0.05) is 101 Å². The fourth-order valence-electron chi connectivity index (χ4n) is 2.78. The number of aliphatic hydroxyl groups excluding tert-OH is 1. The predicted octanol–water partition coefficient (Wildman–Crippen LogP) is 6.34. The van der Waals surface area contributed by atoms with Gasteiger partial charge in [0, 0.05) is 0 Å². The fraction of sp³-hybridized carbons (Fsp3) is 0.700. The van der Waals surface area contributed by atoms with Gasteiger partial charge in [-0.15, -0.1) is 0 Å². The van der Waals surface area contributed by atoms with Crippen molar-refractivity contribution in [2.45, 2.75) is 90.6 Å². The highest BCUT2D eigenvalue weighted by Crippen LogP contribution is 2.20. The molecule has 1 heteroatoms. The molecule has 1 aromatic rings. The zero-order valence-corrected chi connectivity index (χ0v) is 14.1. The largest absolute Gasteiger partial charge is 0.388 e. The van der Waals surface area contributed by atoms with Gasteiger partial charge in [-0.05, 0) is 18.9 Å². The summed E-state index contributed by atoms with van der Waals surface area (Å²) in [7, 11) is 0. The Hall–Kier alpha value is -0.820. The van der Waals surface area contributed by atoms with E-state index in [4.69, 9.17) is 0 Å². The first-order valence-electron chi connectivity index (χ1n) is 8.98. The lowest BCUT2D eigenvalue weighted by atomic mass is 10.0. The highest BCUT2D eigenvalue weighted by molar-refractivity contribution is 5.22. The number of unbranched alkanes of at least 4 members (excludes halogenated alkanes) is 9. The van der Waals surface area contributed by atoms with Crippen molar-refractivity contribution in [1.82, 2.24) is 0 Å². The Balaban J connectivity index is 1.95. The van der Waals surface area contributed by atoms with Crippen molar-refractivity contribution in [2.24, 2.45) is 0 Å². The first kappa shape index (κ1) is 18.2. The lowest BCUT2D eigenvalue weighted by molar-refractivity contribution is 0.163. The molecule has 0 heterocycles. The molecule has 0 spiro atoms. The second-order valence-corrected chi connectivity index (χ2v) is 6.40. The van der Waals surface area contributed by atoms with Crippen molar-refractivity contribution in [3.05, 3.63) is 35.4 Å². The van der Waals surface area contributed by atoms with Crippen LogP contribution in [-0.2, 0) is 0 Å². The zero-order valence-electron chi connectivity index (χ0n) is 14.1. The smallest absolute Gasteiger partial charge is 0.0790 e. The van der Waals surface area contributed by atoms with Crippen LogP contribution in [0.2, 0.25) is 0 Å². The molecule has 0 saturated heterocycles. The van der Waals surface area contributed by atoms with E-state index < -0.39 is 0 Å². The van der Waals surface area contributed by atoms with Gasteiger partial charge in [-0.3, -0.25) is 0 Å². The van der Waals surface area contributed by atoms with Crippen LogP contribution in [0.3, 0.4) is 0 Å². The molecule has 21 heavy (non-hydrogen) atoms. The Bertz CT molecular complexity index is 341. The Labute approximate surface area is 131 Å². The molecule has 0 amide bonds. The van der Waals surface area contributed by atoms with E-state index in [0.29, 0.717) is 0 Å². The van der Waals surface area contributed by atoms with Gasteiger partial charge in [-0.2, -0.15) is 0 Å². The molecule has 1 rings (SSSR count). The van der Waals surface area contributed by atoms with Crippen LogP contribution >= 0.6 is 0 Å². The first-order chi connectivity index (χ1) is 10.2. The lowest BCUT2D eigenvalue weighted by Crippen LogP contribution is -1.97. The summed E-state index contributed by atoms with van der Waals surface area (Å²) in [5, 5.41) is 10.1. The van der Waals surface area contributed by atoms with Gasteiger partial charge in [0.05, 0.1) is 6.10 Å². The van der Waals surface area contributed by atoms with Crippen LogP contribution < -0.4 is 0 Å². The van der Waals surface area contributed by atoms with Gasteiger partial charge in [0.2, 0.25) is 0 Å². The van der Waals surface area contributed by atoms with Gasteiger partial charge in [0.15, 0.2) is 0 Å². The maximum atomic E-state index is 10.1. The molecule has 1 nitrogen and oxygen atoms in total. The molecule has 1 aromatic carbocycles. The normalized spacial score (nSPS) is 12.5. The molecule has 1 atom stereocenters. The quantitative estimate of drug-likeness (QED) is 0.445. The molecule has 1 N–H and O–H groups in total. The summed E-state index contributed by atoms with van der Waals surface area (Å²) in [5.41, 5.74) is 2.32. The van der Waals surface area contributed by atoms with E-state index in [1.165, 1.54) is 63.4 Å². The average molecular weight is 290 g/mol. The van der Waals surface area contributed by atoms with E-state index in [-0.39, 0.29) is 6.10 Å². The van der Waals surface area contributed by atoms with Gasteiger partial charge in [0.25, 0.3) is 0 Å². The van der Waals surface area contributed by atoms with E-state index in [9.17, 15) is 5.11 Å². The number of aryl methyl sites for hydroxylation is 1. The van der Waals surface area contributed by atoms with Crippen LogP contribution in [0.5, 0.6) is 0 Å². The summed E-state index contributed by atoms with van der Waals surface area (Å²) in [6.45, 7) is 4.35. The van der Waals surface area contributed by atoms with E-state index in [1.807, 2.05) is 0 Å². The number of benzene rings is 1. The second kappa shape index (κ2) is 11.8. The third kappa shape index (κ3) is 8.93. The lowest BCUT2D eigenvalue weighted by Gasteiger charge is -2.11. The number of hydrogen-bond donors (Lipinski definition) is 1. The van der Waals surface area contributed by atoms with Crippen LogP contribution in [-0.4, -0.2) is 5.11 Å². The minimum absolute atomic E-state index is 0.278. The van der Waals surface area contributed by atoms with Crippen molar-refractivity contribution in [2.75, 3.05) is 0 Å². The highest BCUT2D eigenvalue weighted by atomic mass is 16.3. The molecule has 0 aliphatic rings. The van der Waals surface area contributed by atoms with Crippen LogP contribution in [0.15, 0.2) is 24.3 Å². The summed E-state index contributed by atoms with van der Waals surface area (Å²) in [6.07, 6.45) is 14.1. The standard InChI is InChI=1S/C20H34O/c1-3-4-5-6-7-8-9-10-11-12-13-20(21)19-16-14-18(2)15-17-19/h14-17,20-21H,3-13H2,1-2H3. The van der Waals surface area contributed by atoms with Gasteiger partial charge in [-0.25, -0.2) is 0 Å². The summed E-state index contributed by atoms with van der Waals surface area (Å²) < 4.78 is 0. The number of rotatable bonds is 12. The number of hydrogen-bond acceptors (Lipinski definition) is 1. The van der Waals surface area contributed by atoms with Crippen molar-refractivity contribution in [3.63, 3.8) is 0 Å². The van der Waals surface area contributed by atoms with Crippen LogP contribution in [0, 0.1) is 6.92 Å². The van der Waals surface area contributed by atoms with E-state index in [2.05, 4.69) is 38.1 Å². The Morgan fingerprint density at radius 1 is 0.762 bits per heavy atom. The van der Waals surface area contributed by atoms with E-state index >= 15 is 0 Å². The molecule has 1 unspecified atom stereocenters. The van der Waals surface area contributed by atoms with Gasteiger partial charge >= 0.3 is 0 Å². The van der Waals surface area contributed by atoms with Crippen LogP contribution in [0.4, 0.5) is 0 Å². The SMILES string of the molecule is CCCCCCCCCCCCC(O)c1ccc(C)cc1. The second-order valence-electron chi connectivity index (χ2n) is 6.40. The Morgan fingerprint density at radius 3 is 1.76 bits per heavy atom. The molecule has 0 fully saturated rings. The van der Waals surface area contributed by atoms with Crippen molar-refractivity contribution in [1.29, 1.82) is 0 Å². The molecule has 0 aliphatic heterocycles. The molecule has 0 aliphatic carbocycles. The zero-order chi connectivity index (χ0) is 15.3. The third-order valence-corrected chi connectivity index (χ3v) is 4.29. The minimum atomic E-state index is -0.278. The van der Waals surface area contributed by atoms with Gasteiger partial charge in [0.1, 0.15) is 0 Å². The maximum absolute atomic E-state index is 10.1. The van der Waals surface area contributed by atoms with Crippen molar-refractivity contribution >= 4 is 0 Å². The summed E-state index contributed by atoms with van der Waals surface area (Å²) in [5.74, 6) is 0. The van der Waals surface area contributed by atoms with Crippen molar-refractivity contribution in [3.8, 4) is 0 Å². The molecular formula is C20H34O. The first-order valence-corrected chi connectivity index (χ1v) is 8.98. The predicted molar refractivity (Wildman–Crippen MR) is 92.6 cm³/mol. The Morgan fingerprint density at radius 2 is 1.24 bits per heavy atom. The molecule has 0 aromatic heterocycles. The molecule has 120 valence electrons. The van der Waals surface area contributed by atoms with Crippen molar-refractivity contribution < 1.29 is 5.11 Å². The number of aliphatic hydroxyl groups is 1. The third-order valence-electron chi connectivity index (χ3n) is 4.29. The topological polar surface area (TPSA) is 20.2 Å². The monoisotopic (exact) mass is 290 g/mol. The molecule has 0 saturated carbocycles. The summed E-state index contributed by atoms with van der Waals surface area (Å²) >= 11 is 0. The highest BCUT2D eigenvalue weighted by Gasteiger charge is 2.06.